The molecule has 0 saturated carbocycles. The van der Waals surface area contributed by atoms with Crippen LogP contribution in [-0.4, -0.2) is 12.1 Å². The average molecular weight is 233 g/mol. The molecule has 80 valence electrons. The molecule has 0 N–H and O–H groups in total. The standard InChI is InChI=1S/C9H7ClF2N2O/c1-15-6-4-7(10)14-5(2-3-13)8(6)9(11)12/h4,9H,2H2,1H3. The van der Waals surface area contributed by atoms with Crippen LogP contribution < -0.4 is 4.74 Å². The number of pyridine rings is 1. The molecule has 0 atom stereocenters. The highest BCUT2D eigenvalue weighted by atomic mass is 35.5. The summed E-state index contributed by atoms with van der Waals surface area (Å²) in [4.78, 5) is 3.68. The van der Waals surface area contributed by atoms with E-state index in [1.165, 1.54) is 13.2 Å². The molecule has 1 aromatic heterocycles. The molecule has 0 amide bonds. The molecule has 6 heteroatoms. The van der Waals surface area contributed by atoms with Crippen LogP contribution in [0.1, 0.15) is 17.7 Å². The zero-order valence-corrected chi connectivity index (χ0v) is 8.55. The Morgan fingerprint density at radius 3 is 2.80 bits per heavy atom. The normalized spacial score (nSPS) is 10.1. The summed E-state index contributed by atoms with van der Waals surface area (Å²) in [6.45, 7) is 0. The van der Waals surface area contributed by atoms with Crippen LogP contribution >= 0.6 is 11.6 Å². The largest absolute Gasteiger partial charge is 0.496 e. The van der Waals surface area contributed by atoms with E-state index in [4.69, 9.17) is 21.6 Å². The third-order valence-corrected chi connectivity index (χ3v) is 1.95. The monoisotopic (exact) mass is 232 g/mol. The summed E-state index contributed by atoms with van der Waals surface area (Å²) in [6.07, 6.45) is -2.97. The summed E-state index contributed by atoms with van der Waals surface area (Å²) >= 11 is 5.60. The van der Waals surface area contributed by atoms with Crippen molar-refractivity contribution in [2.45, 2.75) is 12.8 Å². The molecule has 0 fully saturated rings. The summed E-state index contributed by atoms with van der Waals surface area (Å²) in [5.41, 5.74) is -0.416. The number of nitrogens with zero attached hydrogens (tertiary/aromatic N) is 2. The number of hydrogen-bond donors (Lipinski definition) is 0. The smallest absolute Gasteiger partial charge is 0.269 e. The highest BCUT2D eigenvalue weighted by molar-refractivity contribution is 6.29. The second kappa shape index (κ2) is 4.89. The van der Waals surface area contributed by atoms with Gasteiger partial charge in [-0.3, -0.25) is 0 Å². The number of methoxy groups -OCH3 is 1. The van der Waals surface area contributed by atoms with Crippen molar-refractivity contribution in [3.05, 3.63) is 22.5 Å². The minimum Gasteiger partial charge on any atom is -0.496 e. The van der Waals surface area contributed by atoms with E-state index in [1.54, 1.807) is 6.07 Å². The number of hydrogen-bond acceptors (Lipinski definition) is 3. The number of nitriles is 1. The van der Waals surface area contributed by atoms with E-state index in [0.29, 0.717) is 0 Å². The van der Waals surface area contributed by atoms with Crippen molar-refractivity contribution >= 4 is 11.6 Å². The first-order valence-electron chi connectivity index (χ1n) is 3.98. The van der Waals surface area contributed by atoms with Crippen LogP contribution in [0.3, 0.4) is 0 Å². The first kappa shape index (κ1) is 11.7. The van der Waals surface area contributed by atoms with Gasteiger partial charge >= 0.3 is 0 Å². The van der Waals surface area contributed by atoms with Gasteiger partial charge in [0.2, 0.25) is 0 Å². The van der Waals surface area contributed by atoms with Crippen LogP contribution in [0.5, 0.6) is 5.75 Å². The van der Waals surface area contributed by atoms with E-state index < -0.39 is 6.43 Å². The summed E-state index contributed by atoms with van der Waals surface area (Å²) in [5, 5.41) is 8.49. The van der Waals surface area contributed by atoms with Crippen molar-refractivity contribution < 1.29 is 13.5 Å². The Morgan fingerprint density at radius 1 is 1.67 bits per heavy atom. The minimum absolute atomic E-state index is 0.0292. The number of halogens is 3. The van der Waals surface area contributed by atoms with Gasteiger partial charge in [-0.25, -0.2) is 13.8 Å². The fourth-order valence-electron chi connectivity index (χ4n) is 1.16. The molecule has 15 heavy (non-hydrogen) atoms. The molecule has 1 aromatic rings. The van der Waals surface area contributed by atoms with Crippen molar-refractivity contribution in [1.82, 2.24) is 4.98 Å². The van der Waals surface area contributed by atoms with Gasteiger partial charge < -0.3 is 4.74 Å². The van der Waals surface area contributed by atoms with Crippen LogP contribution in [-0.2, 0) is 6.42 Å². The molecule has 0 aliphatic carbocycles. The molecule has 0 saturated heterocycles. The molecular formula is C9H7ClF2N2O. The lowest BCUT2D eigenvalue weighted by atomic mass is 10.1. The van der Waals surface area contributed by atoms with Crippen LogP contribution in [0.15, 0.2) is 6.07 Å². The molecule has 0 unspecified atom stereocenters. The van der Waals surface area contributed by atoms with Gasteiger partial charge in [-0.05, 0) is 0 Å². The maximum Gasteiger partial charge on any atom is 0.269 e. The fraction of sp³-hybridized carbons (Fsp3) is 0.333. The van der Waals surface area contributed by atoms with Gasteiger partial charge in [0.1, 0.15) is 10.9 Å². The fourth-order valence-corrected chi connectivity index (χ4v) is 1.36. The van der Waals surface area contributed by atoms with E-state index in [9.17, 15) is 8.78 Å². The molecule has 0 spiro atoms. The molecule has 0 aliphatic heterocycles. The Kier molecular flexibility index (Phi) is 3.81. The Balaban J connectivity index is 3.34. The molecule has 1 rings (SSSR count). The van der Waals surface area contributed by atoms with Crippen molar-refractivity contribution in [1.29, 1.82) is 5.26 Å². The number of rotatable bonds is 3. The van der Waals surface area contributed by atoms with Gasteiger partial charge in [0.15, 0.2) is 0 Å². The molecule has 3 nitrogen and oxygen atoms in total. The first-order chi connectivity index (χ1) is 7.10. The first-order valence-corrected chi connectivity index (χ1v) is 4.36. The third kappa shape index (κ3) is 2.54. The van der Waals surface area contributed by atoms with Gasteiger partial charge in [0, 0.05) is 6.07 Å². The van der Waals surface area contributed by atoms with Gasteiger partial charge in [-0.1, -0.05) is 11.6 Å². The lowest BCUT2D eigenvalue weighted by Gasteiger charge is -2.11. The number of alkyl halides is 2. The van der Waals surface area contributed by atoms with Gasteiger partial charge in [0.25, 0.3) is 6.43 Å². The lowest BCUT2D eigenvalue weighted by Crippen LogP contribution is -2.02. The van der Waals surface area contributed by atoms with Gasteiger partial charge in [-0.15, -0.1) is 0 Å². The van der Waals surface area contributed by atoms with Crippen LogP contribution in [0, 0.1) is 11.3 Å². The van der Waals surface area contributed by atoms with E-state index in [2.05, 4.69) is 4.98 Å². The lowest BCUT2D eigenvalue weighted by molar-refractivity contribution is 0.145. The molecule has 0 bridgehead atoms. The van der Waals surface area contributed by atoms with Crippen molar-refractivity contribution in [3.8, 4) is 11.8 Å². The quantitative estimate of drug-likeness (QED) is 0.753. The van der Waals surface area contributed by atoms with E-state index >= 15 is 0 Å². The van der Waals surface area contributed by atoms with E-state index in [0.717, 1.165) is 0 Å². The Labute approximate surface area is 90.3 Å². The number of aromatic nitrogens is 1. The molecule has 0 aromatic carbocycles. The molecule has 1 heterocycles. The average Bonchev–Trinajstić information content (AvgIpc) is 2.16. The van der Waals surface area contributed by atoms with E-state index in [-0.39, 0.29) is 28.6 Å². The van der Waals surface area contributed by atoms with Crippen LogP contribution in [0.4, 0.5) is 8.78 Å². The predicted octanol–water partition coefficient (Wildman–Crippen LogP) is 2.75. The molecular weight excluding hydrogens is 226 g/mol. The topological polar surface area (TPSA) is 45.9 Å². The van der Waals surface area contributed by atoms with Crippen molar-refractivity contribution in [2.24, 2.45) is 0 Å². The highest BCUT2D eigenvalue weighted by Gasteiger charge is 2.20. The molecule has 0 radical (unpaired) electrons. The third-order valence-electron chi connectivity index (χ3n) is 1.75. The molecule has 0 aliphatic rings. The maximum absolute atomic E-state index is 12.7. The number of ether oxygens (including phenoxy) is 1. The van der Waals surface area contributed by atoms with Gasteiger partial charge in [0.05, 0.1) is 30.9 Å². The zero-order valence-electron chi connectivity index (χ0n) is 7.80. The zero-order chi connectivity index (χ0) is 11.4. The highest BCUT2D eigenvalue weighted by Crippen LogP contribution is 2.33. The second-order valence-corrected chi connectivity index (χ2v) is 3.03. The summed E-state index contributed by atoms with van der Waals surface area (Å²) < 4.78 is 30.1. The maximum atomic E-state index is 12.7. The van der Waals surface area contributed by atoms with Crippen molar-refractivity contribution in [2.75, 3.05) is 7.11 Å². The van der Waals surface area contributed by atoms with Crippen LogP contribution in [0.25, 0.3) is 0 Å². The van der Waals surface area contributed by atoms with E-state index in [1.807, 2.05) is 0 Å². The summed E-state index contributed by atoms with van der Waals surface area (Å²) in [5.74, 6) is -0.0461. The minimum atomic E-state index is -2.74. The Morgan fingerprint density at radius 2 is 2.33 bits per heavy atom. The Hall–Kier alpha value is -1.41. The second-order valence-electron chi connectivity index (χ2n) is 2.64. The van der Waals surface area contributed by atoms with Crippen LogP contribution in [0.2, 0.25) is 5.15 Å². The SMILES string of the molecule is COc1cc(Cl)nc(CC#N)c1C(F)F. The van der Waals surface area contributed by atoms with Crippen molar-refractivity contribution in [3.63, 3.8) is 0 Å². The summed E-state index contributed by atoms with van der Waals surface area (Å²) in [6, 6.07) is 2.95. The predicted molar refractivity (Wildman–Crippen MR) is 50.1 cm³/mol. The Bertz CT molecular complexity index is 404. The summed E-state index contributed by atoms with van der Waals surface area (Å²) in [7, 11) is 1.26. The van der Waals surface area contributed by atoms with Gasteiger partial charge in [-0.2, -0.15) is 5.26 Å².